The van der Waals surface area contributed by atoms with Crippen molar-refractivity contribution >= 4 is 11.9 Å². The number of carbonyl (C=O) groups excluding carboxylic acids is 1. The van der Waals surface area contributed by atoms with Crippen molar-refractivity contribution in [3.05, 3.63) is 12.2 Å². The van der Waals surface area contributed by atoms with E-state index < -0.39 is 11.9 Å². The summed E-state index contributed by atoms with van der Waals surface area (Å²) in [6.45, 7) is 2.62. The largest absolute Gasteiger partial charge is 1.00 e. The van der Waals surface area contributed by atoms with E-state index in [0.29, 0.717) is 6.61 Å². The van der Waals surface area contributed by atoms with E-state index in [1.54, 1.807) is 0 Å². The maximum Gasteiger partial charge on any atom is 1.00 e. The normalized spacial score (nSPS) is 10.5. The smallest absolute Gasteiger partial charge is 1.00 e. The third-order valence-corrected chi connectivity index (χ3v) is 3.60. The third-order valence-electron chi connectivity index (χ3n) is 3.60. The number of hydrogen-bond acceptors (Lipinski definition) is 3. The van der Waals surface area contributed by atoms with Gasteiger partial charge in [-0.3, -0.25) is 0 Å². The van der Waals surface area contributed by atoms with Crippen molar-refractivity contribution in [3.63, 3.8) is 0 Å². The van der Waals surface area contributed by atoms with Crippen LogP contribution in [0.5, 0.6) is 0 Å². The molecule has 0 aliphatic heterocycles. The van der Waals surface area contributed by atoms with Crippen molar-refractivity contribution < 1.29 is 72.2 Å². The van der Waals surface area contributed by atoms with Crippen LogP contribution in [0, 0.1) is 0 Å². The summed E-state index contributed by atoms with van der Waals surface area (Å²) in [5.41, 5.74) is 0. The summed E-state index contributed by atoms with van der Waals surface area (Å²) < 4.78 is 4.90. The van der Waals surface area contributed by atoms with Gasteiger partial charge in [-0.05, 0) is 6.42 Å². The van der Waals surface area contributed by atoms with Crippen molar-refractivity contribution in [2.45, 2.75) is 84.0 Å². The van der Waals surface area contributed by atoms with Crippen molar-refractivity contribution in [1.29, 1.82) is 0 Å². The van der Waals surface area contributed by atoms with Gasteiger partial charge in [0.15, 0.2) is 0 Å². The maximum atomic E-state index is 11.1. The van der Waals surface area contributed by atoms with Crippen LogP contribution in [-0.2, 0) is 14.3 Å². The summed E-state index contributed by atoms with van der Waals surface area (Å²) in [5.74, 6) is -1.72. The van der Waals surface area contributed by atoms with E-state index in [0.717, 1.165) is 25.0 Å². The molecule has 0 aromatic carbocycles. The van der Waals surface area contributed by atoms with Crippen LogP contribution in [0.4, 0.5) is 0 Å². The number of hydrogen-bond donors (Lipinski definition) is 1. The second-order valence-electron chi connectivity index (χ2n) is 5.73. The predicted molar refractivity (Wildman–Crippen MR) is 89.9 cm³/mol. The molecule has 0 aliphatic rings. The van der Waals surface area contributed by atoms with Crippen LogP contribution < -0.4 is 51.4 Å². The molecule has 0 amide bonds. The van der Waals surface area contributed by atoms with Crippen molar-refractivity contribution in [3.8, 4) is 0 Å². The quantitative estimate of drug-likeness (QED) is 0.212. The minimum absolute atomic E-state index is 0. The van der Waals surface area contributed by atoms with E-state index in [-0.39, 0.29) is 52.8 Å². The molecule has 0 fully saturated rings. The molecule has 0 aromatic rings. The zero-order valence-corrected chi connectivity index (χ0v) is 18.1. The van der Waals surface area contributed by atoms with Crippen LogP contribution in [0.15, 0.2) is 12.2 Å². The van der Waals surface area contributed by atoms with Gasteiger partial charge in [0, 0.05) is 12.2 Å². The van der Waals surface area contributed by atoms with Crippen LogP contribution in [0.1, 0.15) is 85.4 Å². The number of carboxylic acids is 1. The Kier molecular flexibility index (Phi) is 22.6. The first-order valence-corrected chi connectivity index (χ1v) is 8.74. The Morgan fingerprint density at radius 2 is 1.26 bits per heavy atom. The fourth-order valence-electron chi connectivity index (χ4n) is 2.30. The molecule has 0 bridgehead atoms. The number of aliphatic carboxylic acids is 1. The molecule has 23 heavy (non-hydrogen) atoms. The third kappa shape index (κ3) is 22.3. The Hall–Kier alpha value is 0.316. The van der Waals surface area contributed by atoms with Gasteiger partial charge in [0.25, 0.3) is 0 Å². The molecule has 4 nitrogen and oxygen atoms in total. The molecule has 130 valence electrons. The Morgan fingerprint density at radius 3 is 1.70 bits per heavy atom. The van der Waals surface area contributed by atoms with Gasteiger partial charge in [-0.25, -0.2) is 9.59 Å². The minimum atomic E-state index is -1.14. The summed E-state index contributed by atoms with van der Waals surface area (Å²) in [4.78, 5) is 21.3. The average molecular weight is 353 g/mol. The first-order valence-electron chi connectivity index (χ1n) is 8.74. The molecule has 0 aliphatic carbocycles. The second-order valence-corrected chi connectivity index (χ2v) is 5.73. The average Bonchev–Trinajstić information content (AvgIpc) is 2.49. The molecule has 1 N–H and O–H groups in total. The molecule has 0 unspecified atom stereocenters. The van der Waals surface area contributed by atoms with E-state index in [4.69, 9.17) is 9.84 Å². The molecule has 0 spiro atoms. The predicted octanol–water partition coefficient (Wildman–Crippen LogP) is 1.99. The fourth-order valence-corrected chi connectivity index (χ4v) is 2.30. The SMILES string of the molecule is CCCCCCCCCCCCCCOC(=O)/C=C\C(=O)O.[H-].[K+]. The van der Waals surface area contributed by atoms with Gasteiger partial charge in [0.1, 0.15) is 0 Å². The zero-order valence-electron chi connectivity index (χ0n) is 16.0. The summed E-state index contributed by atoms with van der Waals surface area (Å²) in [5, 5.41) is 8.35. The Bertz CT molecular complexity index is 322. The maximum absolute atomic E-state index is 11.1. The number of carbonyl (C=O) groups is 2. The van der Waals surface area contributed by atoms with Gasteiger partial charge in [0.2, 0.25) is 0 Å². The monoisotopic (exact) mass is 352 g/mol. The molecule has 0 saturated heterocycles. The van der Waals surface area contributed by atoms with Crippen molar-refractivity contribution in [2.75, 3.05) is 6.61 Å². The summed E-state index contributed by atoms with van der Waals surface area (Å²) in [7, 11) is 0. The van der Waals surface area contributed by atoms with Gasteiger partial charge in [-0.1, -0.05) is 77.6 Å². The zero-order chi connectivity index (χ0) is 16.5. The molecule has 0 rings (SSSR count). The molecular formula is C18H33KO4. The number of ether oxygens (including phenoxy) is 1. The van der Waals surface area contributed by atoms with Crippen LogP contribution in [0.2, 0.25) is 0 Å². The van der Waals surface area contributed by atoms with E-state index in [1.807, 2.05) is 0 Å². The first kappa shape index (κ1) is 25.6. The van der Waals surface area contributed by atoms with Crippen LogP contribution in [-0.4, -0.2) is 23.7 Å². The Balaban J connectivity index is -0.00000220. The molecule has 0 saturated carbocycles. The summed E-state index contributed by atoms with van der Waals surface area (Å²) in [6, 6.07) is 0. The van der Waals surface area contributed by atoms with E-state index in [9.17, 15) is 9.59 Å². The first-order chi connectivity index (χ1) is 10.7. The number of rotatable bonds is 15. The molecule has 5 heteroatoms. The Labute approximate surface area is 185 Å². The molecular weight excluding hydrogens is 319 g/mol. The summed E-state index contributed by atoms with van der Waals surface area (Å²) in [6.07, 6.45) is 16.9. The van der Waals surface area contributed by atoms with Gasteiger partial charge < -0.3 is 11.3 Å². The molecule has 0 aromatic heterocycles. The summed E-state index contributed by atoms with van der Waals surface area (Å²) >= 11 is 0. The van der Waals surface area contributed by atoms with E-state index >= 15 is 0 Å². The van der Waals surface area contributed by atoms with Gasteiger partial charge in [0.05, 0.1) is 6.61 Å². The number of esters is 1. The minimum Gasteiger partial charge on any atom is -1.00 e. The van der Waals surface area contributed by atoms with E-state index in [1.165, 1.54) is 64.2 Å². The van der Waals surface area contributed by atoms with Crippen LogP contribution >= 0.6 is 0 Å². The number of unbranched alkanes of at least 4 members (excludes halogenated alkanes) is 11. The molecule has 0 heterocycles. The van der Waals surface area contributed by atoms with Gasteiger partial charge in [-0.15, -0.1) is 0 Å². The Morgan fingerprint density at radius 1 is 0.826 bits per heavy atom. The van der Waals surface area contributed by atoms with Gasteiger partial charge >= 0.3 is 63.3 Å². The van der Waals surface area contributed by atoms with Gasteiger partial charge in [-0.2, -0.15) is 0 Å². The van der Waals surface area contributed by atoms with E-state index in [2.05, 4.69) is 6.92 Å². The molecule has 0 radical (unpaired) electrons. The second kappa shape index (κ2) is 20.4. The van der Waals surface area contributed by atoms with Crippen LogP contribution in [0.3, 0.4) is 0 Å². The van der Waals surface area contributed by atoms with Crippen LogP contribution in [0.25, 0.3) is 0 Å². The van der Waals surface area contributed by atoms with Crippen molar-refractivity contribution in [1.82, 2.24) is 0 Å². The fraction of sp³-hybridized carbons (Fsp3) is 0.778. The topological polar surface area (TPSA) is 63.6 Å². The number of carboxylic acid groups (broad SMARTS) is 1. The molecule has 0 atom stereocenters. The standard InChI is InChI=1S/C18H32O4.K.H/c1-2-3-4-5-6-7-8-9-10-11-12-13-16-22-18(21)15-14-17(19)20;;/h14-15H,2-13,16H2,1H3,(H,19,20);;/q;+1;-1/b15-14-;;. The van der Waals surface area contributed by atoms with Crippen molar-refractivity contribution in [2.24, 2.45) is 0 Å².